The van der Waals surface area contributed by atoms with Crippen LogP contribution >= 0.6 is 0 Å². The molecule has 0 N–H and O–H groups in total. The van der Waals surface area contributed by atoms with E-state index in [1.165, 1.54) is 20.2 Å². The van der Waals surface area contributed by atoms with E-state index in [-0.39, 0.29) is 12.3 Å². The van der Waals surface area contributed by atoms with Crippen molar-refractivity contribution in [2.45, 2.75) is 18.4 Å². The number of nitro benzene ring substituents is 1. The molecule has 0 saturated heterocycles. The van der Waals surface area contributed by atoms with E-state index in [1.54, 1.807) is 19.1 Å². The lowest BCUT2D eigenvalue weighted by atomic mass is 10.3. The molecule has 0 atom stereocenters. The molecule has 23 heavy (non-hydrogen) atoms. The Hall–Kier alpha value is -2.39. The van der Waals surface area contributed by atoms with Gasteiger partial charge in [-0.05, 0) is 31.2 Å². The summed E-state index contributed by atoms with van der Waals surface area (Å²) in [5.41, 5.74) is -0.535. The minimum atomic E-state index is -4.05. The molecule has 0 aliphatic carbocycles. The summed E-state index contributed by atoms with van der Waals surface area (Å²) in [5, 5.41) is 11.2. The summed E-state index contributed by atoms with van der Waals surface area (Å²) < 4.78 is 36.5. The van der Waals surface area contributed by atoms with Crippen LogP contribution in [0, 0.1) is 17.0 Å². The zero-order valence-electron chi connectivity index (χ0n) is 12.8. The van der Waals surface area contributed by atoms with Crippen LogP contribution in [0.3, 0.4) is 0 Å². The molecule has 1 heterocycles. The lowest BCUT2D eigenvalue weighted by Gasteiger charge is -2.16. The number of hydrogen-bond donors (Lipinski definition) is 0. The molecule has 0 aliphatic rings. The van der Waals surface area contributed by atoms with Gasteiger partial charge in [-0.3, -0.25) is 10.1 Å². The van der Waals surface area contributed by atoms with Gasteiger partial charge in [0.25, 0.3) is 5.69 Å². The molecule has 124 valence electrons. The van der Waals surface area contributed by atoms with Crippen molar-refractivity contribution < 1.29 is 22.5 Å². The fourth-order valence-electron chi connectivity index (χ4n) is 2.03. The molecule has 2 rings (SSSR count). The summed E-state index contributed by atoms with van der Waals surface area (Å²) in [6.07, 6.45) is 0. The number of aryl methyl sites for hydroxylation is 1. The lowest BCUT2D eigenvalue weighted by molar-refractivity contribution is -0.387. The number of benzene rings is 1. The first-order valence-corrected chi connectivity index (χ1v) is 8.04. The zero-order chi connectivity index (χ0) is 17.2. The van der Waals surface area contributed by atoms with Gasteiger partial charge >= 0.3 is 0 Å². The molecule has 9 heteroatoms. The SMILES string of the molecule is COc1ccc(S(=O)(=O)N(C)Cc2ccc(C)o2)c([N+](=O)[O-])c1. The van der Waals surface area contributed by atoms with E-state index in [9.17, 15) is 18.5 Å². The van der Waals surface area contributed by atoms with Gasteiger partial charge in [-0.15, -0.1) is 0 Å². The number of ether oxygens (including phenoxy) is 1. The number of hydrogen-bond acceptors (Lipinski definition) is 6. The standard InChI is InChI=1S/C14H16N2O6S/c1-10-4-5-12(22-10)9-15(2)23(19,20)14-7-6-11(21-3)8-13(14)16(17)18/h4-8H,9H2,1-3H3. The third kappa shape index (κ3) is 3.51. The second-order valence-electron chi connectivity index (χ2n) is 4.86. The van der Waals surface area contributed by atoms with Crippen molar-refractivity contribution >= 4 is 15.7 Å². The quantitative estimate of drug-likeness (QED) is 0.590. The number of nitro groups is 1. The molecule has 0 spiro atoms. The summed E-state index contributed by atoms with van der Waals surface area (Å²) >= 11 is 0. The first-order chi connectivity index (χ1) is 10.8. The summed E-state index contributed by atoms with van der Waals surface area (Å²) in [5.74, 6) is 1.31. The smallest absolute Gasteiger partial charge is 0.293 e. The van der Waals surface area contributed by atoms with E-state index in [0.717, 1.165) is 16.4 Å². The van der Waals surface area contributed by atoms with Crippen LogP contribution in [0.5, 0.6) is 5.75 Å². The maximum absolute atomic E-state index is 12.6. The maximum Gasteiger partial charge on any atom is 0.293 e. The number of sulfonamides is 1. The molecular weight excluding hydrogens is 324 g/mol. The fraction of sp³-hybridized carbons (Fsp3) is 0.286. The van der Waals surface area contributed by atoms with E-state index in [4.69, 9.17) is 9.15 Å². The van der Waals surface area contributed by atoms with Crippen molar-refractivity contribution in [2.75, 3.05) is 14.2 Å². The molecule has 0 unspecified atom stereocenters. The van der Waals surface area contributed by atoms with Crippen LogP contribution in [-0.2, 0) is 16.6 Å². The highest BCUT2D eigenvalue weighted by atomic mass is 32.2. The Morgan fingerprint density at radius 3 is 2.52 bits per heavy atom. The third-order valence-corrected chi connectivity index (χ3v) is 5.08. The van der Waals surface area contributed by atoms with E-state index in [2.05, 4.69) is 0 Å². The van der Waals surface area contributed by atoms with Crippen LogP contribution in [-0.4, -0.2) is 31.8 Å². The molecule has 1 aromatic heterocycles. The van der Waals surface area contributed by atoms with Gasteiger partial charge in [0.2, 0.25) is 10.0 Å². The van der Waals surface area contributed by atoms with Crippen molar-refractivity contribution in [1.82, 2.24) is 4.31 Å². The van der Waals surface area contributed by atoms with Gasteiger partial charge in [0.05, 0.1) is 24.6 Å². The van der Waals surface area contributed by atoms with Crippen LogP contribution in [0.25, 0.3) is 0 Å². The summed E-state index contributed by atoms with van der Waals surface area (Å²) in [6.45, 7) is 1.71. The van der Waals surface area contributed by atoms with Gasteiger partial charge in [-0.25, -0.2) is 8.42 Å². The molecule has 1 aromatic carbocycles. The molecule has 0 radical (unpaired) electrons. The number of methoxy groups -OCH3 is 1. The Morgan fingerprint density at radius 1 is 1.30 bits per heavy atom. The second kappa shape index (κ2) is 6.39. The second-order valence-corrected chi connectivity index (χ2v) is 6.88. The molecule has 0 fully saturated rings. The van der Waals surface area contributed by atoms with E-state index in [1.807, 2.05) is 0 Å². The monoisotopic (exact) mass is 340 g/mol. The van der Waals surface area contributed by atoms with E-state index >= 15 is 0 Å². The Bertz CT molecular complexity index is 828. The molecule has 0 amide bonds. The third-order valence-electron chi connectivity index (χ3n) is 3.23. The molecule has 2 aromatic rings. The maximum atomic E-state index is 12.6. The fourth-order valence-corrected chi connectivity index (χ4v) is 3.30. The highest BCUT2D eigenvalue weighted by Gasteiger charge is 2.30. The highest BCUT2D eigenvalue weighted by molar-refractivity contribution is 7.89. The Balaban J connectivity index is 2.40. The highest BCUT2D eigenvalue weighted by Crippen LogP contribution is 2.30. The Kier molecular flexibility index (Phi) is 4.71. The topological polar surface area (TPSA) is 103 Å². The number of rotatable bonds is 6. The van der Waals surface area contributed by atoms with Crippen molar-refractivity contribution in [3.8, 4) is 5.75 Å². The van der Waals surface area contributed by atoms with Crippen molar-refractivity contribution in [1.29, 1.82) is 0 Å². The molecule has 0 saturated carbocycles. The van der Waals surface area contributed by atoms with Gasteiger partial charge < -0.3 is 9.15 Å². The van der Waals surface area contributed by atoms with Crippen molar-refractivity contribution in [3.05, 3.63) is 52.0 Å². The molecular formula is C14H16N2O6S. The Labute approximate surface area is 133 Å². The summed E-state index contributed by atoms with van der Waals surface area (Å²) in [6, 6.07) is 6.98. The van der Waals surface area contributed by atoms with Crippen LogP contribution in [0.1, 0.15) is 11.5 Å². The minimum absolute atomic E-state index is 0.0284. The molecule has 8 nitrogen and oxygen atoms in total. The predicted molar refractivity (Wildman–Crippen MR) is 81.7 cm³/mol. The Morgan fingerprint density at radius 2 is 2.00 bits per heavy atom. The van der Waals surface area contributed by atoms with Crippen LogP contribution < -0.4 is 4.74 Å². The van der Waals surface area contributed by atoms with Crippen LogP contribution in [0.2, 0.25) is 0 Å². The number of furan rings is 1. The van der Waals surface area contributed by atoms with Crippen LogP contribution in [0.15, 0.2) is 39.6 Å². The van der Waals surface area contributed by atoms with Gasteiger partial charge in [0.1, 0.15) is 17.3 Å². The van der Waals surface area contributed by atoms with E-state index < -0.39 is 25.5 Å². The summed E-state index contributed by atoms with van der Waals surface area (Å²) in [4.78, 5) is 10.0. The van der Waals surface area contributed by atoms with Gasteiger partial charge in [0, 0.05) is 7.05 Å². The summed E-state index contributed by atoms with van der Waals surface area (Å²) in [7, 11) is -1.37. The molecule has 0 bridgehead atoms. The van der Waals surface area contributed by atoms with E-state index in [0.29, 0.717) is 11.5 Å². The first kappa shape index (κ1) is 17.0. The average Bonchev–Trinajstić information content (AvgIpc) is 2.91. The van der Waals surface area contributed by atoms with Gasteiger partial charge in [0.15, 0.2) is 4.90 Å². The van der Waals surface area contributed by atoms with Gasteiger partial charge in [-0.1, -0.05) is 0 Å². The van der Waals surface area contributed by atoms with Crippen molar-refractivity contribution in [2.24, 2.45) is 0 Å². The van der Waals surface area contributed by atoms with Crippen molar-refractivity contribution in [3.63, 3.8) is 0 Å². The minimum Gasteiger partial charge on any atom is -0.497 e. The van der Waals surface area contributed by atoms with Gasteiger partial charge in [-0.2, -0.15) is 4.31 Å². The zero-order valence-corrected chi connectivity index (χ0v) is 13.7. The number of nitrogens with zero attached hydrogens (tertiary/aromatic N) is 2. The normalized spacial score (nSPS) is 11.7. The lowest BCUT2D eigenvalue weighted by Crippen LogP contribution is -2.27. The average molecular weight is 340 g/mol. The first-order valence-electron chi connectivity index (χ1n) is 6.60. The van der Waals surface area contributed by atoms with Crippen LogP contribution in [0.4, 0.5) is 5.69 Å². The molecule has 0 aliphatic heterocycles. The largest absolute Gasteiger partial charge is 0.497 e. The predicted octanol–water partition coefficient (Wildman–Crippen LogP) is 2.33.